The number of nitrogens with zero attached hydrogens (tertiary/aromatic N) is 4. The zero-order chi connectivity index (χ0) is 22.1. The minimum Gasteiger partial charge on any atom is -0.357 e. The molecule has 0 aliphatic carbocycles. The van der Waals surface area contributed by atoms with Gasteiger partial charge in [0.25, 0.3) is 5.91 Å². The number of benzene rings is 1. The lowest BCUT2D eigenvalue weighted by atomic mass is 10.2. The van der Waals surface area contributed by atoms with Crippen molar-refractivity contribution in [3.05, 3.63) is 77.4 Å². The van der Waals surface area contributed by atoms with Gasteiger partial charge in [0, 0.05) is 37.7 Å². The van der Waals surface area contributed by atoms with Crippen LogP contribution < -0.4 is 16.0 Å². The molecular formula is C23H29N7O. The summed E-state index contributed by atoms with van der Waals surface area (Å²) in [5, 5.41) is 14.0. The van der Waals surface area contributed by atoms with Crippen LogP contribution in [0.2, 0.25) is 0 Å². The highest BCUT2D eigenvalue weighted by Crippen LogP contribution is 2.17. The number of carbonyl (C=O) groups excluding carboxylic acids is 1. The second-order valence-electron chi connectivity index (χ2n) is 7.09. The molecule has 0 unspecified atom stereocenters. The normalized spacial score (nSPS) is 11.3. The molecule has 0 saturated heterocycles. The highest BCUT2D eigenvalue weighted by Gasteiger charge is 2.09. The van der Waals surface area contributed by atoms with Gasteiger partial charge in [-0.25, -0.2) is 9.67 Å². The third kappa shape index (κ3) is 6.15. The molecule has 1 aromatic carbocycles. The number of rotatable bonds is 8. The minimum absolute atomic E-state index is 0.143. The van der Waals surface area contributed by atoms with Crippen LogP contribution in [0.1, 0.15) is 34.2 Å². The van der Waals surface area contributed by atoms with Crippen LogP contribution in [0.4, 0.5) is 0 Å². The van der Waals surface area contributed by atoms with Crippen molar-refractivity contribution in [1.82, 2.24) is 30.7 Å². The number of guanidine groups is 1. The number of pyridine rings is 1. The Bertz CT molecular complexity index is 1030. The molecule has 0 aliphatic rings. The van der Waals surface area contributed by atoms with E-state index in [-0.39, 0.29) is 5.91 Å². The van der Waals surface area contributed by atoms with Gasteiger partial charge in [-0.2, -0.15) is 5.10 Å². The van der Waals surface area contributed by atoms with Crippen molar-refractivity contribution in [1.29, 1.82) is 0 Å². The fraction of sp³-hybridized carbons (Fsp3) is 0.304. The Morgan fingerprint density at radius 1 is 1.06 bits per heavy atom. The summed E-state index contributed by atoms with van der Waals surface area (Å²) in [6.45, 7) is 8.33. The second kappa shape index (κ2) is 10.9. The standard InChI is InChI=1S/C23H29N7O/c1-4-25-23(27-13-12-26-22(31)20-9-7-11-24-15-20)28-16-19-8-5-6-10-21(19)30-18(3)14-17(2)29-30/h5-11,14-15H,4,12-13,16H2,1-3H3,(H,26,31)(H2,25,27,28). The van der Waals surface area contributed by atoms with E-state index in [4.69, 9.17) is 4.99 Å². The summed E-state index contributed by atoms with van der Waals surface area (Å²) in [7, 11) is 0. The zero-order valence-electron chi connectivity index (χ0n) is 18.2. The maximum absolute atomic E-state index is 12.1. The van der Waals surface area contributed by atoms with Crippen molar-refractivity contribution >= 4 is 11.9 Å². The minimum atomic E-state index is -0.143. The molecule has 0 aliphatic heterocycles. The Morgan fingerprint density at radius 3 is 2.58 bits per heavy atom. The summed E-state index contributed by atoms with van der Waals surface area (Å²) in [5.74, 6) is 0.553. The van der Waals surface area contributed by atoms with Crippen molar-refractivity contribution in [2.45, 2.75) is 27.3 Å². The van der Waals surface area contributed by atoms with Crippen LogP contribution in [0.3, 0.4) is 0 Å². The number of aliphatic imine (C=N–C) groups is 1. The molecule has 3 rings (SSSR count). The molecule has 0 bridgehead atoms. The van der Waals surface area contributed by atoms with Gasteiger partial charge in [-0.1, -0.05) is 18.2 Å². The van der Waals surface area contributed by atoms with Gasteiger partial charge in [-0.05, 0) is 50.6 Å². The highest BCUT2D eigenvalue weighted by atomic mass is 16.1. The molecule has 0 spiro atoms. The molecule has 0 radical (unpaired) electrons. The third-order valence-corrected chi connectivity index (χ3v) is 4.61. The van der Waals surface area contributed by atoms with Crippen molar-refractivity contribution in [3.63, 3.8) is 0 Å². The molecule has 1 amide bonds. The number of amides is 1. The van der Waals surface area contributed by atoms with Crippen LogP contribution in [-0.4, -0.2) is 46.3 Å². The molecule has 2 heterocycles. The lowest BCUT2D eigenvalue weighted by Gasteiger charge is -2.13. The van der Waals surface area contributed by atoms with Crippen LogP contribution in [0, 0.1) is 13.8 Å². The number of carbonyl (C=O) groups is 1. The fourth-order valence-electron chi connectivity index (χ4n) is 3.19. The van der Waals surface area contributed by atoms with Gasteiger partial charge in [0.15, 0.2) is 5.96 Å². The van der Waals surface area contributed by atoms with Crippen LogP contribution in [-0.2, 0) is 6.54 Å². The van der Waals surface area contributed by atoms with E-state index < -0.39 is 0 Å². The monoisotopic (exact) mass is 419 g/mol. The molecule has 31 heavy (non-hydrogen) atoms. The number of hydrogen-bond acceptors (Lipinski definition) is 4. The number of aromatic nitrogens is 3. The second-order valence-corrected chi connectivity index (χ2v) is 7.09. The summed E-state index contributed by atoms with van der Waals surface area (Å²) < 4.78 is 1.95. The first-order valence-corrected chi connectivity index (χ1v) is 10.4. The summed E-state index contributed by atoms with van der Waals surface area (Å²) in [6.07, 6.45) is 3.19. The van der Waals surface area contributed by atoms with E-state index in [0.29, 0.717) is 31.2 Å². The van der Waals surface area contributed by atoms with E-state index in [1.54, 1.807) is 24.5 Å². The van der Waals surface area contributed by atoms with Gasteiger partial charge in [-0.3, -0.25) is 9.78 Å². The number of hydrogen-bond donors (Lipinski definition) is 3. The molecule has 8 heteroatoms. The molecule has 3 aromatic rings. The van der Waals surface area contributed by atoms with Gasteiger partial charge >= 0.3 is 0 Å². The van der Waals surface area contributed by atoms with Crippen molar-refractivity contribution in [2.75, 3.05) is 19.6 Å². The summed E-state index contributed by atoms with van der Waals surface area (Å²) >= 11 is 0. The lowest BCUT2D eigenvalue weighted by molar-refractivity contribution is 0.0954. The molecule has 162 valence electrons. The Kier molecular flexibility index (Phi) is 7.75. The Morgan fingerprint density at radius 2 is 1.87 bits per heavy atom. The predicted molar refractivity (Wildman–Crippen MR) is 122 cm³/mol. The van der Waals surface area contributed by atoms with E-state index in [0.717, 1.165) is 29.2 Å². The van der Waals surface area contributed by atoms with Gasteiger partial charge in [0.05, 0.1) is 23.5 Å². The molecule has 0 fully saturated rings. The van der Waals surface area contributed by atoms with E-state index in [2.05, 4.69) is 44.2 Å². The van der Waals surface area contributed by atoms with Crippen molar-refractivity contribution < 1.29 is 4.79 Å². The predicted octanol–water partition coefficient (Wildman–Crippen LogP) is 2.37. The SMILES string of the molecule is CCNC(=NCc1ccccc1-n1nc(C)cc1C)NCCNC(=O)c1cccnc1. The summed E-state index contributed by atoms with van der Waals surface area (Å²) in [5.41, 5.74) is 4.72. The fourth-order valence-corrected chi connectivity index (χ4v) is 3.19. The van der Waals surface area contributed by atoms with Crippen LogP contribution in [0.15, 0.2) is 59.9 Å². The van der Waals surface area contributed by atoms with Crippen LogP contribution >= 0.6 is 0 Å². The molecule has 8 nitrogen and oxygen atoms in total. The topological polar surface area (TPSA) is 96.2 Å². The Hall–Kier alpha value is -3.68. The quantitative estimate of drug-likeness (QED) is 0.296. The van der Waals surface area contributed by atoms with Gasteiger partial charge in [0.2, 0.25) is 0 Å². The average molecular weight is 420 g/mol. The van der Waals surface area contributed by atoms with Gasteiger partial charge in [0.1, 0.15) is 0 Å². The number of nitrogens with one attached hydrogen (secondary N) is 3. The largest absolute Gasteiger partial charge is 0.357 e. The summed E-state index contributed by atoms with van der Waals surface area (Å²) in [6, 6.07) is 13.7. The van der Waals surface area contributed by atoms with Gasteiger partial charge in [-0.15, -0.1) is 0 Å². The smallest absolute Gasteiger partial charge is 0.252 e. The third-order valence-electron chi connectivity index (χ3n) is 4.61. The Balaban J connectivity index is 1.60. The first kappa shape index (κ1) is 22.0. The molecule has 0 saturated carbocycles. The van der Waals surface area contributed by atoms with E-state index in [1.807, 2.05) is 37.6 Å². The summed E-state index contributed by atoms with van der Waals surface area (Å²) in [4.78, 5) is 20.8. The maximum atomic E-state index is 12.1. The van der Waals surface area contributed by atoms with Crippen LogP contribution in [0.5, 0.6) is 0 Å². The van der Waals surface area contributed by atoms with Gasteiger partial charge < -0.3 is 16.0 Å². The zero-order valence-corrected chi connectivity index (χ0v) is 18.2. The number of aryl methyl sites for hydroxylation is 2. The Labute approximate surface area is 182 Å². The molecule has 3 N–H and O–H groups in total. The maximum Gasteiger partial charge on any atom is 0.252 e. The average Bonchev–Trinajstić information content (AvgIpc) is 3.13. The van der Waals surface area contributed by atoms with Crippen molar-refractivity contribution in [3.8, 4) is 5.69 Å². The lowest BCUT2D eigenvalue weighted by Crippen LogP contribution is -2.41. The molecular weight excluding hydrogens is 390 g/mol. The van der Waals surface area contributed by atoms with E-state index in [9.17, 15) is 4.79 Å². The molecule has 2 aromatic heterocycles. The van der Waals surface area contributed by atoms with Crippen molar-refractivity contribution in [2.24, 2.45) is 4.99 Å². The van der Waals surface area contributed by atoms with E-state index in [1.165, 1.54) is 0 Å². The first-order valence-electron chi connectivity index (χ1n) is 10.4. The highest BCUT2D eigenvalue weighted by molar-refractivity contribution is 5.93. The molecule has 0 atom stereocenters. The first-order chi connectivity index (χ1) is 15.1. The van der Waals surface area contributed by atoms with Crippen LogP contribution in [0.25, 0.3) is 5.69 Å². The van der Waals surface area contributed by atoms with E-state index >= 15 is 0 Å². The number of para-hydroxylation sites is 1.